The van der Waals surface area contributed by atoms with Crippen molar-refractivity contribution in [3.05, 3.63) is 59.6 Å². The summed E-state index contributed by atoms with van der Waals surface area (Å²) in [5, 5.41) is 5.41. The number of rotatable bonds is 6. The monoisotopic (exact) mass is 408 g/mol. The van der Waals surface area contributed by atoms with E-state index >= 15 is 0 Å². The molecular formula is C20H20N6O4. The van der Waals surface area contributed by atoms with Crippen molar-refractivity contribution < 1.29 is 19.1 Å². The highest BCUT2D eigenvalue weighted by atomic mass is 16.5. The highest BCUT2D eigenvalue weighted by Crippen LogP contribution is 2.24. The van der Waals surface area contributed by atoms with Crippen LogP contribution >= 0.6 is 0 Å². The number of aromatic nitrogens is 4. The number of carbonyl (C=O) groups excluding carboxylic acids is 2. The van der Waals surface area contributed by atoms with E-state index in [1.807, 2.05) is 0 Å². The molecule has 0 fully saturated rings. The number of nitrogens with one attached hydrogen (secondary N) is 4. The summed E-state index contributed by atoms with van der Waals surface area (Å²) in [6.07, 6.45) is 6.60. The quantitative estimate of drug-likeness (QED) is 0.495. The minimum absolute atomic E-state index is 0.240. The number of aromatic amines is 2. The van der Waals surface area contributed by atoms with Gasteiger partial charge in [0.15, 0.2) is 0 Å². The van der Waals surface area contributed by atoms with Gasteiger partial charge in [-0.2, -0.15) is 0 Å². The van der Waals surface area contributed by atoms with Gasteiger partial charge in [-0.25, -0.2) is 9.97 Å². The van der Waals surface area contributed by atoms with Crippen LogP contribution in [0.3, 0.4) is 0 Å². The lowest BCUT2D eigenvalue weighted by Crippen LogP contribution is -2.24. The number of anilines is 2. The summed E-state index contributed by atoms with van der Waals surface area (Å²) in [5.41, 5.74) is 1.93. The number of hydrogen-bond acceptors (Lipinski definition) is 6. The number of H-pyrrole nitrogens is 2. The van der Waals surface area contributed by atoms with E-state index in [0.29, 0.717) is 40.3 Å². The summed E-state index contributed by atoms with van der Waals surface area (Å²) in [7, 11) is 3.12. The summed E-state index contributed by atoms with van der Waals surface area (Å²) < 4.78 is 10.6. The molecule has 0 spiro atoms. The van der Waals surface area contributed by atoms with Crippen LogP contribution in [0, 0.1) is 0 Å². The minimum Gasteiger partial charge on any atom is -0.498 e. The number of carbonyl (C=O) groups is 2. The normalized spacial score (nSPS) is 16.0. The maximum atomic E-state index is 12.7. The van der Waals surface area contributed by atoms with Gasteiger partial charge in [-0.3, -0.25) is 20.2 Å². The lowest BCUT2D eigenvalue weighted by molar-refractivity contribution is -0.113. The van der Waals surface area contributed by atoms with Crippen molar-refractivity contribution in [2.24, 2.45) is 0 Å². The summed E-state index contributed by atoms with van der Waals surface area (Å²) in [6.45, 7) is 0. The van der Waals surface area contributed by atoms with Crippen molar-refractivity contribution in [3.8, 4) is 0 Å². The number of hydrogen-bond donors (Lipinski definition) is 4. The Labute approximate surface area is 171 Å². The highest BCUT2D eigenvalue weighted by Gasteiger charge is 2.24. The van der Waals surface area contributed by atoms with Gasteiger partial charge in [-0.15, -0.1) is 0 Å². The van der Waals surface area contributed by atoms with E-state index < -0.39 is 0 Å². The zero-order valence-electron chi connectivity index (χ0n) is 16.4. The number of benzene rings is 1. The number of nitrogens with zero attached hydrogens (tertiary/aromatic N) is 2. The molecule has 0 bridgehead atoms. The fourth-order valence-electron chi connectivity index (χ4n) is 3.20. The Morgan fingerprint density at radius 1 is 1.13 bits per heavy atom. The van der Waals surface area contributed by atoms with Crippen LogP contribution in [0.2, 0.25) is 0 Å². The number of allylic oxidation sites excluding steroid dienone is 2. The Morgan fingerprint density at radius 2 is 1.97 bits per heavy atom. The van der Waals surface area contributed by atoms with Gasteiger partial charge in [-0.05, 0) is 24.3 Å². The molecule has 0 aliphatic heterocycles. The molecule has 0 radical (unpaired) electrons. The molecule has 0 saturated carbocycles. The van der Waals surface area contributed by atoms with Crippen LogP contribution < -0.4 is 10.6 Å². The van der Waals surface area contributed by atoms with Gasteiger partial charge < -0.3 is 19.4 Å². The zero-order chi connectivity index (χ0) is 21.1. The predicted octanol–water partition coefficient (Wildman–Crippen LogP) is 2.35. The Kier molecular flexibility index (Phi) is 5.31. The molecule has 1 aromatic carbocycles. The van der Waals surface area contributed by atoms with Gasteiger partial charge in [0.2, 0.25) is 11.9 Å². The van der Waals surface area contributed by atoms with Gasteiger partial charge >= 0.3 is 0 Å². The van der Waals surface area contributed by atoms with Crippen LogP contribution in [0.25, 0.3) is 11.0 Å². The molecule has 2 aromatic heterocycles. The number of fused-ring (bicyclic) bond motifs is 1. The van der Waals surface area contributed by atoms with E-state index in [1.165, 1.54) is 6.20 Å². The summed E-state index contributed by atoms with van der Waals surface area (Å²) in [5.74, 6) is 0.551. The van der Waals surface area contributed by atoms with Gasteiger partial charge in [0, 0.05) is 31.5 Å². The molecule has 10 heteroatoms. The molecule has 154 valence electrons. The second-order valence-electron chi connectivity index (χ2n) is 6.53. The van der Waals surface area contributed by atoms with Crippen LogP contribution in [0.15, 0.2) is 54.1 Å². The van der Waals surface area contributed by atoms with Gasteiger partial charge in [-0.1, -0.05) is 6.07 Å². The highest BCUT2D eigenvalue weighted by molar-refractivity contribution is 6.11. The van der Waals surface area contributed by atoms with E-state index in [9.17, 15) is 9.59 Å². The van der Waals surface area contributed by atoms with Crippen LogP contribution in [-0.2, 0) is 14.3 Å². The molecule has 30 heavy (non-hydrogen) atoms. The third kappa shape index (κ3) is 3.80. The molecule has 0 saturated heterocycles. The molecule has 1 atom stereocenters. The Balaban J connectivity index is 1.54. The first-order valence-electron chi connectivity index (χ1n) is 9.17. The molecule has 2 heterocycles. The second kappa shape index (κ2) is 8.21. The third-order valence-corrected chi connectivity index (χ3v) is 4.70. The average Bonchev–Trinajstić information content (AvgIpc) is 3.41. The van der Waals surface area contributed by atoms with Crippen molar-refractivity contribution in [1.29, 1.82) is 0 Å². The summed E-state index contributed by atoms with van der Waals surface area (Å²) in [4.78, 5) is 39.5. The van der Waals surface area contributed by atoms with Crippen molar-refractivity contribution in [1.82, 2.24) is 19.9 Å². The van der Waals surface area contributed by atoms with Crippen molar-refractivity contribution >= 4 is 34.7 Å². The Hall–Kier alpha value is -3.92. The SMILES string of the molecule is COC1=CC=C(C(=O)Nc2nc3c(C(=O)Nc4ncc[nH]4)cccc3[nH]2)CC1OC. The number of amides is 2. The van der Waals surface area contributed by atoms with Crippen LogP contribution in [0.5, 0.6) is 0 Å². The maximum absolute atomic E-state index is 12.7. The average molecular weight is 408 g/mol. The van der Waals surface area contributed by atoms with E-state index in [0.717, 1.165) is 0 Å². The molecule has 2 amide bonds. The fraction of sp³-hybridized carbons (Fsp3) is 0.200. The van der Waals surface area contributed by atoms with Crippen molar-refractivity contribution in [2.45, 2.75) is 12.5 Å². The van der Waals surface area contributed by atoms with E-state index in [1.54, 1.807) is 50.8 Å². The first kappa shape index (κ1) is 19.4. The molecule has 1 aliphatic rings. The van der Waals surface area contributed by atoms with E-state index in [2.05, 4.69) is 30.6 Å². The lowest BCUT2D eigenvalue weighted by Gasteiger charge is -2.22. The number of imidazole rings is 2. The first-order valence-corrected chi connectivity index (χ1v) is 9.17. The molecule has 10 nitrogen and oxygen atoms in total. The number of ether oxygens (including phenoxy) is 2. The largest absolute Gasteiger partial charge is 0.498 e. The predicted molar refractivity (Wildman–Crippen MR) is 110 cm³/mol. The number of para-hydroxylation sites is 1. The topological polar surface area (TPSA) is 134 Å². The van der Waals surface area contributed by atoms with Crippen LogP contribution in [0.1, 0.15) is 16.8 Å². The Bertz CT molecular complexity index is 1150. The van der Waals surface area contributed by atoms with Gasteiger partial charge in [0.1, 0.15) is 17.4 Å². The zero-order valence-corrected chi connectivity index (χ0v) is 16.4. The third-order valence-electron chi connectivity index (χ3n) is 4.70. The minimum atomic E-state index is -0.366. The summed E-state index contributed by atoms with van der Waals surface area (Å²) >= 11 is 0. The molecular weight excluding hydrogens is 388 g/mol. The maximum Gasteiger partial charge on any atom is 0.260 e. The van der Waals surface area contributed by atoms with Crippen LogP contribution in [-0.4, -0.2) is 52.1 Å². The van der Waals surface area contributed by atoms with Crippen LogP contribution in [0.4, 0.5) is 11.9 Å². The summed E-state index contributed by atoms with van der Waals surface area (Å²) in [6, 6.07) is 5.15. The van der Waals surface area contributed by atoms with Crippen molar-refractivity contribution in [3.63, 3.8) is 0 Å². The van der Waals surface area contributed by atoms with E-state index in [-0.39, 0.29) is 23.9 Å². The standard InChI is InChI=1S/C20H20N6O4/c1-29-14-7-6-11(10-15(14)30-2)17(27)25-20-23-13-5-3-4-12(16(13)24-20)18(28)26-19-21-8-9-22-19/h3-9,15H,10H2,1-2H3,(H2,21,22,26,28)(H2,23,24,25,27). The molecule has 4 rings (SSSR count). The number of methoxy groups -OCH3 is 2. The molecule has 4 N–H and O–H groups in total. The second-order valence-corrected chi connectivity index (χ2v) is 6.53. The smallest absolute Gasteiger partial charge is 0.260 e. The van der Waals surface area contributed by atoms with Gasteiger partial charge in [0.05, 0.1) is 18.2 Å². The van der Waals surface area contributed by atoms with E-state index in [4.69, 9.17) is 9.47 Å². The molecule has 3 aromatic rings. The fourth-order valence-corrected chi connectivity index (χ4v) is 3.20. The lowest BCUT2D eigenvalue weighted by atomic mass is 10.0. The molecule has 1 unspecified atom stereocenters. The van der Waals surface area contributed by atoms with Gasteiger partial charge in [0.25, 0.3) is 11.8 Å². The molecule has 1 aliphatic carbocycles. The Morgan fingerprint density at radius 3 is 2.70 bits per heavy atom. The van der Waals surface area contributed by atoms with Crippen molar-refractivity contribution in [2.75, 3.05) is 24.9 Å². The first-order chi connectivity index (χ1) is 14.6.